The summed E-state index contributed by atoms with van der Waals surface area (Å²) in [6.45, 7) is 8.87. The molecule has 1 aliphatic rings. The van der Waals surface area contributed by atoms with Crippen molar-refractivity contribution in [3.05, 3.63) is 71.9 Å². The molecule has 63 heavy (non-hydrogen) atoms. The summed E-state index contributed by atoms with van der Waals surface area (Å²) in [7, 11) is 0. The maximum Gasteiger partial charge on any atom is 0.326 e. The Morgan fingerprint density at radius 1 is 0.746 bits per heavy atom. The first kappa shape index (κ1) is 49.4. The van der Waals surface area contributed by atoms with Gasteiger partial charge >= 0.3 is 11.9 Å². The zero-order valence-electron chi connectivity index (χ0n) is 36.5. The first-order valence-corrected chi connectivity index (χ1v) is 21.5. The smallest absolute Gasteiger partial charge is 0.326 e. The van der Waals surface area contributed by atoms with Crippen LogP contribution in [0.4, 0.5) is 0 Å². The van der Waals surface area contributed by atoms with Crippen LogP contribution in [0.2, 0.25) is 0 Å². The van der Waals surface area contributed by atoms with Crippen LogP contribution >= 0.6 is 0 Å². The number of carboxylic acid groups (broad SMARTS) is 2. The molecule has 1 fully saturated rings. The standard InChI is InChI=1S/C45H62N8O10/c1-6-26(4)38(52-40(57)32(18-19-37(54)55)48-39(56)27(5)46)43(60)50-33(22-28-13-8-7-9-14-28)41(58)49-34(23-29-24-47-31-16-11-10-15-30(29)31)42(59)51-35(21-25(2)3)44(61)53-20-12-17-36(53)45(62)63/h7-11,13-16,24-27,32-36,38,47H,6,12,17-23,46H2,1-5H3,(H,48,56)(H,49,58)(H,50,60)(H,51,59)(H,52,57)(H,54,55)(H,62,63)/t26-,27-,32-,33-,34-,35-,36-,38-/m0/s1. The van der Waals surface area contributed by atoms with E-state index in [9.17, 15) is 48.6 Å². The minimum absolute atomic E-state index is 0.0337. The highest BCUT2D eigenvalue weighted by atomic mass is 16.4. The topological polar surface area (TPSA) is 282 Å². The lowest BCUT2D eigenvalue weighted by Gasteiger charge is -2.30. The number of hydrogen-bond donors (Lipinski definition) is 9. The number of aromatic nitrogens is 1. The third-order valence-corrected chi connectivity index (χ3v) is 11.3. The number of carboxylic acids is 2. The fourth-order valence-electron chi connectivity index (χ4n) is 7.57. The number of aliphatic carboxylic acids is 2. The van der Waals surface area contributed by atoms with Gasteiger partial charge in [-0.05, 0) is 61.6 Å². The van der Waals surface area contributed by atoms with E-state index in [0.29, 0.717) is 24.0 Å². The van der Waals surface area contributed by atoms with Gasteiger partial charge in [0.15, 0.2) is 0 Å². The Morgan fingerprint density at radius 3 is 1.95 bits per heavy atom. The van der Waals surface area contributed by atoms with Crippen molar-refractivity contribution in [3.63, 3.8) is 0 Å². The Bertz CT molecular complexity index is 2090. The number of aromatic amines is 1. The fourth-order valence-corrected chi connectivity index (χ4v) is 7.57. The highest BCUT2D eigenvalue weighted by molar-refractivity contribution is 5.98. The average molecular weight is 875 g/mol. The van der Waals surface area contributed by atoms with Gasteiger partial charge in [0.05, 0.1) is 6.04 Å². The van der Waals surface area contributed by atoms with E-state index in [1.807, 2.05) is 38.1 Å². The minimum Gasteiger partial charge on any atom is -0.481 e. The van der Waals surface area contributed by atoms with E-state index in [-0.39, 0.29) is 44.6 Å². The molecule has 342 valence electrons. The predicted molar refractivity (Wildman–Crippen MR) is 234 cm³/mol. The summed E-state index contributed by atoms with van der Waals surface area (Å²) in [5, 5.41) is 33.5. The van der Waals surface area contributed by atoms with E-state index >= 15 is 0 Å². The van der Waals surface area contributed by atoms with Crippen molar-refractivity contribution < 1.29 is 48.6 Å². The molecular weight excluding hydrogens is 813 g/mol. The summed E-state index contributed by atoms with van der Waals surface area (Å²) in [4.78, 5) is 111. The largest absolute Gasteiger partial charge is 0.481 e. The molecule has 2 heterocycles. The van der Waals surface area contributed by atoms with Crippen molar-refractivity contribution in [2.45, 2.75) is 128 Å². The lowest BCUT2D eigenvalue weighted by molar-refractivity contribution is -0.149. The number of fused-ring (bicyclic) bond motifs is 1. The molecule has 8 atom stereocenters. The Morgan fingerprint density at radius 2 is 1.33 bits per heavy atom. The molecule has 0 aliphatic carbocycles. The van der Waals surface area contributed by atoms with E-state index < -0.39 is 102 Å². The number of amides is 6. The van der Waals surface area contributed by atoms with Crippen molar-refractivity contribution in [2.75, 3.05) is 6.54 Å². The Kier molecular flexibility index (Phi) is 18.2. The van der Waals surface area contributed by atoms with Crippen molar-refractivity contribution in [3.8, 4) is 0 Å². The van der Waals surface area contributed by atoms with Crippen LogP contribution in [0.1, 0.15) is 84.3 Å². The number of carbonyl (C=O) groups is 8. The maximum absolute atomic E-state index is 14.6. The van der Waals surface area contributed by atoms with Crippen LogP contribution in [0.25, 0.3) is 10.9 Å². The van der Waals surface area contributed by atoms with Gasteiger partial charge in [-0.25, -0.2) is 4.79 Å². The molecule has 0 radical (unpaired) electrons. The van der Waals surface area contributed by atoms with Crippen LogP contribution in [0, 0.1) is 11.8 Å². The van der Waals surface area contributed by atoms with Gasteiger partial charge in [0.2, 0.25) is 35.4 Å². The SMILES string of the molecule is CC[C@H](C)[C@H](NC(=O)[C@H](CCC(=O)O)NC(=O)[C@H](C)N)C(=O)N[C@@H](Cc1ccccc1)C(=O)N[C@@H](Cc1c[nH]c2ccccc12)C(=O)N[C@@H](CC(C)C)C(=O)N1CCC[C@H]1C(=O)O. The number of hydrogen-bond acceptors (Lipinski definition) is 9. The van der Waals surface area contributed by atoms with Crippen LogP contribution in [-0.4, -0.2) is 116 Å². The number of nitrogens with one attached hydrogen (secondary N) is 6. The zero-order valence-corrected chi connectivity index (χ0v) is 36.5. The van der Waals surface area contributed by atoms with E-state index in [2.05, 4.69) is 31.6 Å². The molecule has 3 aromatic rings. The molecule has 0 spiro atoms. The molecule has 6 amide bonds. The second-order valence-corrected chi connectivity index (χ2v) is 16.7. The summed E-state index contributed by atoms with van der Waals surface area (Å²) in [6.07, 6.45) is 2.28. The normalized spacial score (nSPS) is 17.1. The minimum atomic E-state index is -1.34. The molecule has 18 nitrogen and oxygen atoms in total. The molecule has 1 aliphatic heterocycles. The lowest BCUT2D eigenvalue weighted by atomic mass is 9.96. The first-order valence-electron chi connectivity index (χ1n) is 21.5. The summed E-state index contributed by atoms with van der Waals surface area (Å²) >= 11 is 0. The predicted octanol–water partition coefficient (Wildman–Crippen LogP) is 1.76. The lowest BCUT2D eigenvalue weighted by Crippen LogP contribution is -2.61. The van der Waals surface area contributed by atoms with Gasteiger partial charge in [-0.1, -0.05) is 82.6 Å². The first-order chi connectivity index (χ1) is 29.9. The summed E-state index contributed by atoms with van der Waals surface area (Å²) in [5.74, 6) is -7.17. The second kappa shape index (κ2) is 23.2. The van der Waals surface area contributed by atoms with Crippen LogP contribution < -0.4 is 32.3 Å². The van der Waals surface area contributed by atoms with E-state index in [0.717, 1.165) is 10.9 Å². The van der Waals surface area contributed by atoms with Gasteiger partial charge in [-0.15, -0.1) is 0 Å². The van der Waals surface area contributed by atoms with Gasteiger partial charge in [-0.3, -0.25) is 33.6 Å². The number of nitrogens with zero attached hydrogens (tertiary/aromatic N) is 1. The molecule has 0 bridgehead atoms. The second-order valence-electron chi connectivity index (χ2n) is 16.7. The quantitative estimate of drug-likeness (QED) is 0.0662. The molecule has 10 N–H and O–H groups in total. The summed E-state index contributed by atoms with van der Waals surface area (Å²) in [6, 6.07) is 7.90. The van der Waals surface area contributed by atoms with Crippen LogP contribution in [0.5, 0.6) is 0 Å². The number of benzene rings is 2. The zero-order chi connectivity index (χ0) is 46.4. The summed E-state index contributed by atoms with van der Waals surface area (Å²) in [5.41, 5.74) is 7.82. The van der Waals surface area contributed by atoms with Crippen LogP contribution in [-0.2, 0) is 51.2 Å². The summed E-state index contributed by atoms with van der Waals surface area (Å²) < 4.78 is 0. The van der Waals surface area contributed by atoms with Gasteiger partial charge in [0.25, 0.3) is 0 Å². The van der Waals surface area contributed by atoms with Crippen molar-refractivity contribution in [2.24, 2.45) is 17.6 Å². The third kappa shape index (κ3) is 14.1. The Balaban J connectivity index is 1.67. The molecular formula is C45H62N8O10. The molecule has 2 aromatic carbocycles. The molecule has 0 saturated carbocycles. The highest BCUT2D eigenvalue weighted by Crippen LogP contribution is 2.22. The van der Waals surface area contributed by atoms with Crippen LogP contribution in [0.15, 0.2) is 60.8 Å². The number of carbonyl (C=O) groups excluding carboxylic acids is 6. The van der Waals surface area contributed by atoms with E-state index in [4.69, 9.17) is 5.73 Å². The monoisotopic (exact) mass is 874 g/mol. The van der Waals surface area contributed by atoms with E-state index in [1.165, 1.54) is 11.8 Å². The van der Waals surface area contributed by atoms with Gasteiger partial charge in [-0.2, -0.15) is 0 Å². The van der Waals surface area contributed by atoms with Crippen molar-refractivity contribution in [1.82, 2.24) is 36.5 Å². The molecule has 1 saturated heterocycles. The molecule has 1 aromatic heterocycles. The number of H-pyrrole nitrogens is 1. The number of rotatable bonds is 23. The number of para-hydroxylation sites is 1. The van der Waals surface area contributed by atoms with Crippen molar-refractivity contribution in [1.29, 1.82) is 0 Å². The average Bonchev–Trinajstić information content (AvgIpc) is 3.91. The highest BCUT2D eigenvalue weighted by Gasteiger charge is 2.39. The Hall–Kier alpha value is -6.30. The molecule has 0 unspecified atom stereocenters. The fraction of sp³-hybridized carbons (Fsp3) is 0.511. The maximum atomic E-state index is 14.6. The molecule has 4 rings (SSSR count). The van der Waals surface area contributed by atoms with Crippen LogP contribution in [0.3, 0.4) is 0 Å². The number of likely N-dealkylation sites (tertiary alicyclic amines) is 1. The van der Waals surface area contributed by atoms with Crippen molar-refractivity contribution >= 4 is 58.3 Å². The Labute approximate surface area is 366 Å². The third-order valence-electron chi connectivity index (χ3n) is 11.3. The molecule has 18 heteroatoms. The van der Waals surface area contributed by atoms with Gasteiger partial charge in [0, 0.05) is 42.9 Å². The van der Waals surface area contributed by atoms with Gasteiger partial charge < -0.3 is 52.4 Å². The van der Waals surface area contributed by atoms with E-state index in [1.54, 1.807) is 50.4 Å². The number of nitrogens with two attached hydrogens (primary N) is 1. The van der Waals surface area contributed by atoms with Gasteiger partial charge in [0.1, 0.15) is 36.3 Å².